The van der Waals surface area contributed by atoms with Gasteiger partial charge in [0.25, 0.3) is 0 Å². The van der Waals surface area contributed by atoms with E-state index in [1.54, 1.807) is 6.08 Å². The maximum atomic E-state index is 11.4. The summed E-state index contributed by atoms with van der Waals surface area (Å²) in [6.07, 6.45) is 2.71. The highest BCUT2D eigenvalue weighted by molar-refractivity contribution is 5.78. The molecule has 0 aromatic heterocycles. The van der Waals surface area contributed by atoms with Gasteiger partial charge in [-0.15, -0.1) is 6.58 Å². The third-order valence-electron chi connectivity index (χ3n) is 1.99. The SMILES string of the molecule is C=CCNCC(=O)NC(C)CCN(C)C. The topological polar surface area (TPSA) is 44.4 Å². The molecule has 0 bridgehead atoms. The van der Waals surface area contributed by atoms with Gasteiger partial charge in [-0.2, -0.15) is 0 Å². The third-order valence-corrected chi connectivity index (χ3v) is 1.99. The van der Waals surface area contributed by atoms with Crippen LogP contribution in [0, 0.1) is 0 Å². The summed E-state index contributed by atoms with van der Waals surface area (Å²) < 4.78 is 0. The van der Waals surface area contributed by atoms with E-state index in [2.05, 4.69) is 22.1 Å². The van der Waals surface area contributed by atoms with E-state index in [0.717, 1.165) is 13.0 Å². The Kier molecular flexibility index (Phi) is 7.95. The van der Waals surface area contributed by atoms with Crippen molar-refractivity contribution in [3.05, 3.63) is 12.7 Å². The molecule has 0 aliphatic rings. The van der Waals surface area contributed by atoms with E-state index in [9.17, 15) is 4.79 Å². The average Bonchev–Trinajstić information content (AvgIpc) is 2.15. The van der Waals surface area contributed by atoms with Crippen LogP contribution in [0.5, 0.6) is 0 Å². The van der Waals surface area contributed by atoms with Crippen molar-refractivity contribution in [2.24, 2.45) is 0 Å². The van der Waals surface area contributed by atoms with Gasteiger partial charge in [-0.25, -0.2) is 0 Å². The molecule has 0 rings (SSSR count). The Morgan fingerprint density at radius 2 is 2.20 bits per heavy atom. The molecular formula is C11H23N3O. The number of carbonyl (C=O) groups excluding carboxylic acids is 1. The minimum atomic E-state index is 0.0445. The van der Waals surface area contributed by atoms with Crippen molar-refractivity contribution in [2.75, 3.05) is 33.7 Å². The molecule has 4 nitrogen and oxygen atoms in total. The molecule has 0 aliphatic carbocycles. The predicted octanol–water partition coefficient (Wildman–Crippen LogP) is 0.218. The third kappa shape index (κ3) is 9.43. The van der Waals surface area contributed by atoms with E-state index in [0.29, 0.717) is 13.1 Å². The summed E-state index contributed by atoms with van der Waals surface area (Å²) in [7, 11) is 4.06. The molecule has 1 unspecified atom stereocenters. The molecule has 2 N–H and O–H groups in total. The molecule has 15 heavy (non-hydrogen) atoms. The van der Waals surface area contributed by atoms with Crippen LogP contribution in [0.25, 0.3) is 0 Å². The van der Waals surface area contributed by atoms with Crippen LogP contribution in [0.1, 0.15) is 13.3 Å². The molecular weight excluding hydrogens is 190 g/mol. The van der Waals surface area contributed by atoms with Crippen molar-refractivity contribution < 1.29 is 4.79 Å². The van der Waals surface area contributed by atoms with Crippen molar-refractivity contribution >= 4 is 5.91 Å². The largest absolute Gasteiger partial charge is 0.352 e. The van der Waals surface area contributed by atoms with Gasteiger partial charge in [-0.05, 0) is 34.0 Å². The fraction of sp³-hybridized carbons (Fsp3) is 0.727. The Balaban J connectivity index is 3.52. The Morgan fingerprint density at radius 1 is 1.53 bits per heavy atom. The zero-order valence-electron chi connectivity index (χ0n) is 10.0. The first-order valence-corrected chi connectivity index (χ1v) is 5.32. The van der Waals surface area contributed by atoms with Crippen LogP contribution in [0.3, 0.4) is 0 Å². The average molecular weight is 213 g/mol. The maximum absolute atomic E-state index is 11.4. The minimum absolute atomic E-state index is 0.0445. The summed E-state index contributed by atoms with van der Waals surface area (Å²) in [6, 6.07) is 0.227. The first kappa shape index (κ1) is 14.1. The molecule has 0 spiro atoms. The molecule has 88 valence electrons. The fourth-order valence-corrected chi connectivity index (χ4v) is 1.14. The van der Waals surface area contributed by atoms with Crippen molar-refractivity contribution in [1.82, 2.24) is 15.5 Å². The lowest BCUT2D eigenvalue weighted by molar-refractivity contribution is -0.120. The van der Waals surface area contributed by atoms with Crippen LogP contribution < -0.4 is 10.6 Å². The molecule has 1 atom stereocenters. The second-order valence-corrected chi connectivity index (χ2v) is 3.98. The summed E-state index contributed by atoms with van der Waals surface area (Å²) in [4.78, 5) is 13.5. The highest BCUT2D eigenvalue weighted by Crippen LogP contribution is 1.91. The normalized spacial score (nSPS) is 12.5. The highest BCUT2D eigenvalue weighted by atomic mass is 16.1. The molecule has 0 heterocycles. The highest BCUT2D eigenvalue weighted by Gasteiger charge is 2.06. The molecule has 0 aromatic carbocycles. The van der Waals surface area contributed by atoms with Gasteiger partial charge >= 0.3 is 0 Å². The predicted molar refractivity (Wildman–Crippen MR) is 63.8 cm³/mol. The molecule has 0 fully saturated rings. The monoisotopic (exact) mass is 213 g/mol. The van der Waals surface area contributed by atoms with Crippen molar-refractivity contribution in [1.29, 1.82) is 0 Å². The lowest BCUT2D eigenvalue weighted by Gasteiger charge is -2.16. The standard InChI is InChI=1S/C11H23N3O/c1-5-7-12-9-11(15)13-10(2)6-8-14(3)4/h5,10,12H,1,6-9H2,2-4H3,(H,13,15). The maximum Gasteiger partial charge on any atom is 0.234 e. The fourth-order valence-electron chi connectivity index (χ4n) is 1.14. The summed E-state index contributed by atoms with van der Waals surface area (Å²) in [5.41, 5.74) is 0. The number of carbonyl (C=O) groups is 1. The first-order chi connectivity index (χ1) is 7.06. The van der Waals surface area contributed by atoms with E-state index < -0.39 is 0 Å². The van der Waals surface area contributed by atoms with E-state index >= 15 is 0 Å². The van der Waals surface area contributed by atoms with Crippen LogP contribution >= 0.6 is 0 Å². The Morgan fingerprint density at radius 3 is 2.73 bits per heavy atom. The molecule has 0 radical (unpaired) electrons. The van der Waals surface area contributed by atoms with Gasteiger partial charge in [0.15, 0.2) is 0 Å². The molecule has 4 heteroatoms. The quantitative estimate of drug-likeness (QED) is 0.448. The van der Waals surface area contributed by atoms with Gasteiger partial charge in [0, 0.05) is 12.6 Å². The van der Waals surface area contributed by atoms with Crippen molar-refractivity contribution in [3.63, 3.8) is 0 Å². The number of hydrogen-bond acceptors (Lipinski definition) is 3. The van der Waals surface area contributed by atoms with Gasteiger partial charge in [-0.1, -0.05) is 6.08 Å². The van der Waals surface area contributed by atoms with Crippen molar-refractivity contribution in [3.8, 4) is 0 Å². The number of nitrogens with one attached hydrogen (secondary N) is 2. The van der Waals surface area contributed by atoms with E-state index in [-0.39, 0.29) is 11.9 Å². The number of nitrogens with zero attached hydrogens (tertiary/aromatic N) is 1. The molecule has 0 saturated heterocycles. The lowest BCUT2D eigenvalue weighted by Crippen LogP contribution is -2.40. The van der Waals surface area contributed by atoms with E-state index in [1.807, 2.05) is 21.0 Å². The minimum Gasteiger partial charge on any atom is -0.352 e. The van der Waals surface area contributed by atoms with Gasteiger partial charge in [0.1, 0.15) is 0 Å². The van der Waals surface area contributed by atoms with E-state index in [4.69, 9.17) is 0 Å². The summed E-state index contributed by atoms with van der Waals surface area (Å²) in [5, 5.41) is 5.90. The van der Waals surface area contributed by atoms with Crippen LogP contribution in [0.4, 0.5) is 0 Å². The molecule has 1 amide bonds. The molecule has 0 aromatic rings. The van der Waals surface area contributed by atoms with Crippen LogP contribution in [0.2, 0.25) is 0 Å². The van der Waals surface area contributed by atoms with Crippen LogP contribution in [-0.2, 0) is 4.79 Å². The van der Waals surface area contributed by atoms with Crippen LogP contribution in [-0.4, -0.2) is 50.6 Å². The van der Waals surface area contributed by atoms with Gasteiger partial charge in [0.05, 0.1) is 6.54 Å². The molecule has 0 saturated carbocycles. The number of rotatable bonds is 8. The number of amides is 1. The van der Waals surface area contributed by atoms with Gasteiger partial charge in [-0.3, -0.25) is 4.79 Å². The second-order valence-electron chi connectivity index (χ2n) is 3.98. The smallest absolute Gasteiger partial charge is 0.234 e. The first-order valence-electron chi connectivity index (χ1n) is 5.32. The summed E-state index contributed by atoms with van der Waals surface area (Å²) >= 11 is 0. The summed E-state index contributed by atoms with van der Waals surface area (Å²) in [5.74, 6) is 0.0445. The second kappa shape index (κ2) is 8.44. The zero-order valence-corrected chi connectivity index (χ0v) is 10.0. The van der Waals surface area contributed by atoms with Crippen LogP contribution in [0.15, 0.2) is 12.7 Å². The Labute approximate surface area is 92.7 Å². The Bertz CT molecular complexity index is 192. The summed E-state index contributed by atoms with van der Waals surface area (Å²) in [6.45, 7) is 7.60. The van der Waals surface area contributed by atoms with E-state index in [1.165, 1.54) is 0 Å². The zero-order chi connectivity index (χ0) is 11.7. The lowest BCUT2D eigenvalue weighted by atomic mass is 10.2. The Hall–Kier alpha value is -0.870. The van der Waals surface area contributed by atoms with Crippen molar-refractivity contribution in [2.45, 2.75) is 19.4 Å². The van der Waals surface area contributed by atoms with Gasteiger partial charge < -0.3 is 15.5 Å². The molecule has 0 aliphatic heterocycles. The number of hydrogen-bond donors (Lipinski definition) is 2. The van der Waals surface area contributed by atoms with Gasteiger partial charge in [0.2, 0.25) is 5.91 Å².